The Kier molecular flexibility index (Phi) is 7.09. The van der Waals surface area contributed by atoms with Crippen LogP contribution >= 0.6 is 0 Å². The highest BCUT2D eigenvalue weighted by Gasteiger charge is 2.11. The lowest BCUT2D eigenvalue weighted by atomic mass is 10.2. The Morgan fingerprint density at radius 1 is 1.07 bits per heavy atom. The molecule has 2 amide bonds. The van der Waals surface area contributed by atoms with Gasteiger partial charge in [-0.05, 0) is 55.5 Å². The molecule has 0 bridgehead atoms. The van der Waals surface area contributed by atoms with Crippen LogP contribution in [0.1, 0.15) is 19.2 Å². The molecule has 3 rings (SSSR count). The number of halogens is 1. The first kappa shape index (κ1) is 21.0. The Labute approximate surface area is 172 Å². The van der Waals surface area contributed by atoms with Crippen LogP contribution in [0.15, 0.2) is 53.1 Å². The lowest BCUT2D eigenvalue weighted by molar-refractivity contribution is -0.123. The predicted molar refractivity (Wildman–Crippen MR) is 107 cm³/mol. The first-order valence-corrected chi connectivity index (χ1v) is 9.41. The summed E-state index contributed by atoms with van der Waals surface area (Å²) in [5, 5.41) is 9.25. The molecule has 0 saturated heterocycles. The van der Waals surface area contributed by atoms with Crippen molar-refractivity contribution in [2.45, 2.75) is 19.8 Å². The average Bonchev–Trinajstić information content (AvgIpc) is 3.22. The van der Waals surface area contributed by atoms with Gasteiger partial charge in [-0.2, -0.15) is 4.98 Å². The Morgan fingerprint density at radius 3 is 2.50 bits per heavy atom. The molecule has 30 heavy (non-hydrogen) atoms. The van der Waals surface area contributed by atoms with Crippen molar-refractivity contribution < 1.29 is 23.2 Å². The molecule has 0 aliphatic carbocycles. The van der Waals surface area contributed by atoms with E-state index >= 15 is 0 Å². The van der Waals surface area contributed by atoms with Crippen LogP contribution in [-0.4, -0.2) is 35.1 Å². The molecule has 1 aromatic heterocycles. The van der Waals surface area contributed by atoms with E-state index in [0.29, 0.717) is 35.3 Å². The lowest BCUT2D eigenvalue weighted by Crippen LogP contribution is -2.28. The smallest absolute Gasteiger partial charge is 0.257 e. The Bertz CT molecular complexity index is 987. The lowest BCUT2D eigenvalue weighted by Gasteiger charge is -2.08. The highest BCUT2D eigenvalue weighted by molar-refractivity contribution is 5.90. The van der Waals surface area contributed by atoms with Gasteiger partial charge in [0.1, 0.15) is 11.6 Å². The largest absolute Gasteiger partial charge is 0.484 e. The Morgan fingerprint density at radius 2 is 1.80 bits per heavy atom. The first-order valence-electron chi connectivity index (χ1n) is 9.41. The standard InChI is InChI=1S/C21H21FN4O4/c1-2-23-19(28)13-29-17-9-7-16(8-10-17)24-18(27)11-12-20-25-21(26-30-20)14-3-5-15(22)6-4-14/h3-10H,2,11-13H2,1H3,(H,23,28)(H,24,27). The Balaban J connectivity index is 1.45. The summed E-state index contributed by atoms with van der Waals surface area (Å²) in [6, 6.07) is 12.4. The van der Waals surface area contributed by atoms with E-state index in [1.807, 2.05) is 6.92 Å². The van der Waals surface area contributed by atoms with Gasteiger partial charge in [0.05, 0.1) is 0 Å². The monoisotopic (exact) mass is 412 g/mol. The van der Waals surface area contributed by atoms with Crippen molar-refractivity contribution in [2.75, 3.05) is 18.5 Å². The van der Waals surface area contributed by atoms with Crippen molar-refractivity contribution >= 4 is 17.5 Å². The number of carbonyl (C=O) groups excluding carboxylic acids is 2. The SMILES string of the molecule is CCNC(=O)COc1ccc(NC(=O)CCc2nc(-c3ccc(F)cc3)no2)cc1. The van der Waals surface area contributed by atoms with Crippen molar-refractivity contribution in [2.24, 2.45) is 0 Å². The van der Waals surface area contributed by atoms with E-state index in [0.717, 1.165) is 0 Å². The van der Waals surface area contributed by atoms with Gasteiger partial charge in [-0.25, -0.2) is 4.39 Å². The molecule has 0 atom stereocenters. The summed E-state index contributed by atoms with van der Waals surface area (Å²) in [6.07, 6.45) is 0.425. The van der Waals surface area contributed by atoms with Crippen LogP contribution in [0.2, 0.25) is 0 Å². The van der Waals surface area contributed by atoms with Crippen LogP contribution in [-0.2, 0) is 16.0 Å². The van der Waals surface area contributed by atoms with Gasteiger partial charge in [-0.15, -0.1) is 0 Å². The number of nitrogens with one attached hydrogen (secondary N) is 2. The molecule has 9 heteroatoms. The summed E-state index contributed by atoms with van der Waals surface area (Å²) < 4.78 is 23.5. The molecule has 0 unspecified atom stereocenters. The van der Waals surface area contributed by atoms with Crippen molar-refractivity contribution in [3.63, 3.8) is 0 Å². The minimum absolute atomic E-state index is 0.0658. The van der Waals surface area contributed by atoms with E-state index in [-0.39, 0.29) is 37.1 Å². The van der Waals surface area contributed by atoms with E-state index in [2.05, 4.69) is 20.8 Å². The van der Waals surface area contributed by atoms with E-state index in [9.17, 15) is 14.0 Å². The van der Waals surface area contributed by atoms with Gasteiger partial charge >= 0.3 is 0 Å². The zero-order valence-electron chi connectivity index (χ0n) is 16.4. The van der Waals surface area contributed by atoms with E-state index < -0.39 is 0 Å². The van der Waals surface area contributed by atoms with Crippen LogP contribution in [0.25, 0.3) is 11.4 Å². The average molecular weight is 412 g/mol. The summed E-state index contributed by atoms with van der Waals surface area (Å²) in [6.45, 7) is 2.31. The maximum absolute atomic E-state index is 13.0. The highest BCUT2D eigenvalue weighted by atomic mass is 19.1. The molecule has 0 saturated carbocycles. The maximum atomic E-state index is 13.0. The summed E-state index contributed by atoms with van der Waals surface area (Å²) in [4.78, 5) is 27.8. The van der Waals surface area contributed by atoms with Crippen LogP contribution in [0, 0.1) is 5.82 Å². The van der Waals surface area contributed by atoms with E-state index in [1.54, 1.807) is 36.4 Å². The number of hydrogen-bond donors (Lipinski definition) is 2. The normalized spacial score (nSPS) is 10.5. The van der Waals surface area contributed by atoms with Crippen LogP contribution in [0.4, 0.5) is 10.1 Å². The molecule has 2 N–H and O–H groups in total. The molecule has 156 valence electrons. The zero-order valence-corrected chi connectivity index (χ0v) is 16.4. The van der Waals surface area contributed by atoms with Crippen molar-refractivity contribution in [3.05, 3.63) is 60.2 Å². The number of benzene rings is 2. The number of aryl methyl sites for hydroxylation is 1. The number of rotatable bonds is 9. The number of anilines is 1. The fourth-order valence-electron chi connectivity index (χ4n) is 2.55. The number of carbonyl (C=O) groups is 2. The van der Waals surface area contributed by atoms with E-state index in [1.165, 1.54) is 12.1 Å². The second-order valence-electron chi connectivity index (χ2n) is 6.33. The molecular formula is C21H21FN4O4. The number of likely N-dealkylation sites (N-methyl/N-ethyl adjacent to an activating group) is 1. The minimum Gasteiger partial charge on any atom is -0.484 e. The van der Waals surface area contributed by atoms with Gasteiger partial charge in [0.15, 0.2) is 6.61 Å². The molecular weight excluding hydrogens is 391 g/mol. The highest BCUT2D eigenvalue weighted by Crippen LogP contribution is 2.18. The summed E-state index contributed by atoms with van der Waals surface area (Å²) in [5.41, 5.74) is 1.23. The third-order valence-electron chi connectivity index (χ3n) is 4.02. The molecule has 0 spiro atoms. The molecule has 8 nitrogen and oxygen atoms in total. The Hall–Kier alpha value is -3.75. The third-order valence-corrected chi connectivity index (χ3v) is 4.02. The summed E-state index contributed by atoms with van der Waals surface area (Å²) >= 11 is 0. The maximum Gasteiger partial charge on any atom is 0.257 e. The van der Waals surface area contributed by atoms with Crippen LogP contribution in [0.5, 0.6) is 5.75 Å². The second kappa shape index (κ2) is 10.1. The second-order valence-corrected chi connectivity index (χ2v) is 6.33. The topological polar surface area (TPSA) is 106 Å². The first-order chi connectivity index (χ1) is 14.5. The number of amides is 2. The zero-order chi connectivity index (χ0) is 21.3. The van der Waals surface area contributed by atoms with Gasteiger partial charge < -0.3 is 19.9 Å². The summed E-state index contributed by atoms with van der Waals surface area (Å²) in [5.74, 6) is 0.428. The molecule has 0 fully saturated rings. The van der Waals surface area contributed by atoms with Crippen LogP contribution in [0.3, 0.4) is 0 Å². The van der Waals surface area contributed by atoms with Crippen LogP contribution < -0.4 is 15.4 Å². The van der Waals surface area contributed by atoms with E-state index in [4.69, 9.17) is 9.26 Å². The van der Waals surface area contributed by atoms with Crippen molar-refractivity contribution in [3.8, 4) is 17.1 Å². The fourth-order valence-corrected chi connectivity index (χ4v) is 2.55. The minimum atomic E-state index is -0.347. The third kappa shape index (κ3) is 6.13. The molecule has 0 aliphatic heterocycles. The van der Waals surface area contributed by atoms with Crippen molar-refractivity contribution in [1.29, 1.82) is 0 Å². The number of hydrogen-bond acceptors (Lipinski definition) is 6. The fraction of sp³-hybridized carbons (Fsp3) is 0.238. The molecule has 0 aliphatic rings. The predicted octanol–water partition coefficient (Wildman–Crippen LogP) is 2.96. The number of ether oxygens (including phenoxy) is 1. The van der Waals surface area contributed by atoms with Gasteiger partial charge in [0.25, 0.3) is 5.91 Å². The molecule has 3 aromatic rings. The molecule has 1 heterocycles. The van der Waals surface area contributed by atoms with Crippen molar-refractivity contribution in [1.82, 2.24) is 15.5 Å². The van der Waals surface area contributed by atoms with Gasteiger partial charge in [0, 0.05) is 30.6 Å². The number of nitrogens with zero attached hydrogens (tertiary/aromatic N) is 2. The number of aromatic nitrogens is 2. The molecule has 0 radical (unpaired) electrons. The van der Waals surface area contributed by atoms with Gasteiger partial charge in [-0.1, -0.05) is 5.16 Å². The van der Waals surface area contributed by atoms with Gasteiger partial charge in [-0.3, -0.25) is 9.59 Å². The van der Waals surface area contributed by atoms with Gasteiger partial charge in [0.2, 0.25) is 17.6 Å². The quantitative estimate of drug-likeness (QED) is 0.560. The molecule has 2 aromatic carbocycles. The summed E-state index contributed by atoms with van der Waals surface area (Å²) in [7, 11) is 0.